The number of amides is 1. The van der Waals surface area contributed by atoms with Crippen LogP contribution >= 0.6 is 0 Å². The fourth-order valence-corrected chi connectivity index (χ4v) is 3.98. The van der Waals surface area contributed by atoms with Gasteiger partial charge in [0.05, 0.1) is 32.6 Å². The molecule has 2 aliphatic rings. The largest absolute Gasteiger partial charge is 0.573 e. The van der Waals surface area contributed by atoms with Crippen LogP contribution in [-0.2, 0) is 9.53 Å². The summed E-state index contributed by atoms with van der Waals surface area (Å²) in [5.41, 5.74) is 1.49. The first-order chi connectivity index (χ1) is 17.7. The second kappa shape index (κ2) is 11.3. The fraction of sp³-hybridized carbons (Fsp3) is 0.320. The average Bonchev–Trinajstić information content (AvgIpc) is 2.89. The Morgan fingerprint density at radius 3 is 2.76 bits per heavy atom. The maximum absolute atomic E-state index is 13.2. The van der Waals surface area contributed by atoms with Crippen molar-refractivity contribution >= 4 is 17.5 Å². The minimum absolute atomic E-state index is 0.113. The highest BCUT2D eigenvalue weighted by Gasteiger charge is 2.33. The first kappa shape index (κ1) is 26.0. The second-order valence-corrected chi connectivity index (χ2v) is 8.20. The Balaban J connectivity index is 1.64. The SMILES string of the molecule is C=CC(=O)Nc1cc(OC)cc(-c2nc(NC3C=CC=C(N4CCOCC4)C3)ncc2OC(F)(F)F)c1. The Kier molecular flexibility index (Phi) is 7.97. The Morgan fingerprint density at radius 1 is 1.27 bits per heavy atom. The summed E-state index contributed by atoms with van der Waals surface area (Å²) < 4.78 is 54.4. The van der Waals surface area contributed by atoms with Crippen molar-refractivity contribution in [3.63, 3.8) is 0 Å². The van der Waals surface area contributed by atoms with Gasteiger partial charge in [0.15, 0.2) is 5.75 Å². The molecular formula is C25H26F3N5O4. The highest BCUT2D eigenvalue weighted by atomic mass is 19.4. The maximum Gasteiger partial charge on any atom is 0.573 e. The van der Waals surface area contributed by atoms with E-state index in [9.17, 15) is 18.0 Å². The van der Waals surface area contributed by atoms with Crippen LogP contribution < -0.4 is 20.1 Å². The molecule has 196 valence electrons. The molecule has 1 amide bonds. The monoisotopic (exact) mass is 517 g/mol. The molecule has 0 spiro atoms. The number of nitrogens with zero attached hydrogens (tertiary/aromatic N) is 3. The van der Waals surface area contributed by atoms with Crippen LogP contribution in [0.15, 0.2) is 61.0 Å². The number of alkyl halides is 3. The number of aromatic nitrogens is 2. The van der Waals surface area contributed by atoms with E-state index in [1.165, 1.54) is 25.3 Å². The van der Waals surface area contributed by atoms with Crippen LogP contribution in [-0.4, -0.2) is 66.6 Å². The van der Waals surface area contributed by atoms with E-state index >= 15 is 0 Å². The van der Waals surface area contributed by atoms with E-state index in [1.807, 2.05) is 18.2 Å². The van der Waals surface area contributed by atoms with Crippen LogP contribution in [0.2, 0.25) is 0 Å². The summed E-state index contributed by atoms with van der Waals surface area (Å²) in [5.74, 6) is -0.690. The van der Waals surface area contributed by atoms with Crippen LogP contribution in [0, 0.1) is 0 Å². The Labute approximate surface area is 211 Å². The minimum atomic E-state index is -4.96. The molecule has 0 saturated carbocycles. The van der Waals surface area contributed by atoms with E-state index in [-0.39, 0.29) is 28.9 Å². The number of allylic oxidation sites excluding steroid dienone is 2. The van der Waals surface area contributed by atoms with E-state index in [4.69, 9.17) is 9.47 Å². The van der Waals surface area contributed by atoms with Crippen molar-refractivity contribution in [2.75, 3.05) is 44.0 Å². The molecule has 1 aromatic carbocycles. The number of ether oxygens (including phenoxy) is 3. The first-order valence-corrected chi connectivity index (χ1v) is 11.5. The van der Waals surface area contributed by atoms with E-state index in [1.54, 1.807) is 0 Å². The molecule has 1 aliphatic heterocycles. The zero-order valence-corrected chi connectivity index (χ0v) is 20.0. The molecule has 4 rings (SSSR count). The number of anilines is 2. The molecule has 1 aromatic heterocycles. The normalized spacial score (nSPS) is 17.6. The molecule has 37 heavy (non-hydrogen) atoms. The molecule has 1 aliphatic carbocycles. The number of hydrogen-bond acceptors (Lipinski definition) is 8. The molecule has 1 atom stereocenters. The van der Waals surface area contributed by atoms with Gasteiger partial charge in [0.25, 0.3) is 0 Å². The number of nitrogens with one attached hydrogen (secondary N) is 2. The van der Waals surface area contributed by atoms with Gasteiger partial charge < -0.3 is 29.7 Å². The summed E-state index contributed by atoms with van der Waals surface area (Å²) in [7, 11) is 1.40. The molecule has 0 radical (unpaired) electrons. The number of rotatable bonds is 8. The van der Waals surface area contributed by atoms with E-state index < -0.39 is 18.0 Å². The topological polar surface area (TPSA) is 97.8 Å². The summed E-state index contributed by atoms with van der Waals surface area (Å²) in [6.07, 6.45) is 3.60. The Bertz CT molecular complexity index is 1210. The second-order valence-electron chi connectivity index (χ2n) is 8.20. The average molecular weight is 518 g/mol. The molecule has 1 unspecified atom stereocenters. The van der Waals surface area contributed by atoms with Gasteiger partial charge in [-0.15, -0.1) is 13.2 Å². The zero-order valence-electron chi connectivity index (χ0n) is 20.0. The smallest absolute Gasteiger partial charge is 0.497 e. The third kappa shape index (κ3) is 7.00. The van der Waals surface area contributed by atoms with Crippen molar-refractivity contribution in [1.29, 1.82) is 0 Å². The van der Waals surface area contributed by atoms with Crippen LogP contribution in [0.3, 0.4) is 0 Å². The molecule has 9 nitrogen and oxygen atoms in total. The highest BCUT2D eigenvalue weighted by Crippen LogP contribution is 2.36. The summed E-state index contributed by atoms with van der Waals surface area (Å²) in [4.78, 5) is 22.4. The van der Waals surface area contributed by atoms with Gasteiger partial charge in [0.1, 0.15) is 11.4 Å². The van der Waals surface area contributed by atoms with Gasteiger partial charge in [-0.3, -0.25) is 4.79 Å². The quantitative estimate of drug-likeness (QED) is 0.505. The van der Waals surface area contributed by atoms with Crippen LogP contribution in [0.25, 0.3) is 11.3 Å². The maximum atomic E-state index is 13.2. The lowest BCUT2D eigenvalue weighted by atomic mass is 10.0. The van der Waals surface area contributed by atoms with Crippen molar-refractivity contribution < 1.29 is 32.2 Å². The van der Waals surface area contributed by atoms with Gasteiger partial charge in [-0.05, 0) is 24.3 Å². The van der Waals surface area contributed by atoms with Crippen LogP contribution in [0.1, 0.15) is 6.42 Å². The number of hydrogen-bond donors (Lipinski definition) is 2. The first-order valence-electron chi connectivity index (χ1n) is 11.5. The standard InChI is InChI=1S/C25H26F3N5O4/c1-3-22(34)30-18-11-16(12-20(14-18)35-2)23-21(37-25(26,27)28)15-29-24(32-23)31-17-5-4-6-19(13-17)33-7-9-36-10-8-33/h3-6,11-12,14-15,17H,1,7-10,13H2,2H3,(H,30,34)(H,29,31,32). The highest BCUT2D eigenvalue weighted by molar-refractivity contribution is 5.99. The van der Waals surface area contributed by atoms with Crippen LogP contribution in [0.5, 0.6) is 11.5 Å². The number of halogens is 3. The summed E-state index contributed by atoms with van der Waals surface area (Å²) >= 11 is 0. The molecule has 1 fully saturated rings. The zero-order chi connectivity index (χ0) is 26.4. The molecule has 2 N–H and O–H groups in total. The third-order valence-corrected chi connectivity index (χ3v) is 5.64. The lowest BCUT2D eigenvalue weighted by Crippen LogP contribution is -2.37. The van der Waals surface area contributed by atoms with Crippen molar-refractivity contribution in [2.24, 2.45) is 0 Å². The number of carbonyl (C=O) groups excluding carboxylic acids is 1. The Morgan fingerprint density at radius 2 is 2.05 bits per heavy atom. The van der Waals surface area contributed by atoms with E-state index in [0.29, 0.717) is 25.4 Å². The van der Waals surface area contributed by atoms with E-state index in [2.05, 4.69) is 36.8 Å². The summed E-state index contributed by atoms with van der Waals surface area (Å²) in [6.45, 7) is 6.29. The van der Waals surface area contributed by atoms with E-state index in [0.717, 1.165) is 31.1 Å². The van der Waals surface area contributed by atoms with Gasteiger partial charge in [-0.2, -0.15) is 0 Å². The molecular weight excluding hydrogens is 491 g/mol. The predicted octanol–water partition coefficient (Wildman–Crippen LogP) is 4.13. The van der Waals surface area contributed by atoms with Gasteiger partial charge >= 0.3 is 6.36 Å². The summed E-state index contributed by atoms with van der Waals surface area (Å²) in [6, 6.07) is 4.28. The Hall–Kier alpha value is -4.06. The number of carbonyl (C=O) groups is 1. The van der Waals surface area contributed by atoms with Gasteiger partial charge in [-0.25, -0.2) is 9.97 Å². The van der Waals surface area contributed by atoms with Crippen molar-refractivity contribution in [3.8, 4) is 22.8 Å². The molecule has 12 heteroatoms. The molecule has 2 aromatic rings. The molecule has 1 saturated heterocycles. The van der Waals surface area contributed by atoms with Crippen molar-refractivity contribution in [2.45, 2.75) is 18.8 Å². The number of morpholine rings is 1. The summed E-state index contributed by atoms with van der Waals surface area (Å²) in [5, 5.41) is 5.75. The minimum Gasteiger partial charge on any atom is -0.497 e. The lowest BCUT2D eigenvalue weighted by molar-refractivity contribution is -0.274. The molecule has 0 bridgehead atoms. The fourth-order valence-electron chi connectivity index (χ4n) is 3.98. The van der Waals surface area contributed by atoms with Crippen LogP contribution in [0.4, 0.5) is 24.8 Å². The van der Waals surface area contributed by atoms with Crippen molar-refractivity contribution in [3.05, 3.63) is 61.0 Å². The number of benzene rings is 1. The third-order valence-electron chi connectivity index (χ3n) is 5.64. The lowest BCUT2D eigenvalue weighted by Gasteiger charge is -2.33. The number of methoxy groups -OCH3 is 1. The van der Waals surface area contributed by atoms with Gasteiger partial charge in [-0.1, -0.05) is 18.7 Å². The van der Waals surface area contributed by atoms with Crippen molar-refractivity contribution in [1.82, 2.24) is 14.9 Å². The predicted molar refractivity (Wildman–Crippen MR) is 131 cm³/mol. The molecule has 2 heterocycles. The van der Waals surface area contributed by atoms with Gasteiger partial charge in [0, 0.05) is 42.5 Å². The van der Waals surface area contributed by atoms with Gasteiger partial charge in [0.2, 0.25) is 11.9 Å².